The standard InChI is InChI=1S/C16H18N2O4S/c1-3-16(15(20)21,11-7-5-4-6-8-11)18-14(19)12-10-23-13(17-12)9-22-2/h4-8,10H,3,9H2,1-2H3,(H,18,19)(H,20,21). The summed E-state index contributed by atoms with van der Waals surface area (Å²) >= 11 is 1.30. The van der Waals surface area contributed by atoms with Crippen LogP contribution in [0.4, 0.5) is 0 Å². The predicted molar refractivity (Wildman–Crippen MR) is 86.3 cm³/mol. The summed E-state index contributed by atoms with van der Waals surface area (Å²) in [5.41, 5.74) is -0.767. The summed E-state index contributed by atoms with van der Waals surface area (Å²) < 4.78 is 4.97. The highest BCUT2D eigenvalue weighted by Gasteiger charge is 2.40. The van der Waals surface area contributed by atoms with E-state index >= 15 is 0 Å². The molecule has 0 aliphatic rings. The number of carboxylic acids is 1. The number of amides is 1. The molecule has 0 bridgehead atoms. The number of aromatic nitrogens is 1. The fraction of sp³-hybridized carbons (Fsp3) is 0.312. The maximum Gasteiger partial charge on any atom is 0.334 e. The van der Waals surface area contributed by atoms with Crippen molar-refractivity contribution in [1.82, 2.24) is 10.3 Å². The molecule has 0 radical (unpaired) electrons. The molecule has 23 heavy (non-hydrogen) atoms. The second kappa shape index (κ2) is 7.34. The Labute approximate surface area is 138 Å². The van der Waals surface area contributed by atoms with Gasteiger partial charge in [0.15, 0.2) is 5.54 Å². The number of carbonyl (C=O) groups excluding carboxylic acids is 1. The highest BCUT2D eigenvalue weighted by Crippen LogP contribution is 2.26. The van der Waals surface area contributed by atoms with E-state index in [1.54, 1.807) is 49.7 Å². The fourth-order valence-corrected chi connectivity index (χ4v) is 3.02. The molecule has 1 unspecified atom stereocenters. The third-order valence-corrected chi connectivity index (χ3v) is 4.36. The summed E-state index contributed by atoms with van der Waals surface area (Å²) in [5.74, 6) is -1.62. The van der Waals surface area contributed by atoms with Crippen LogP contribution >= 0.6 is 11.3 Å². The zero-order valence-electron chi connectivity index (χ0n) is 12.9. The number of aliphatic carboxylic acids is 1. The van der Waals surface area contributed by atoms with Gasteiger partial charge in [-0.15, -0.1) is 11.3 Å². The average Bonchev–Trinajstić information content (AvgIpc) is 3.02. The van der Waals surface area contributed by atoms with E-state index in [1.165, 1.54) is 11.3 Å². The number of methoxy groups -OCH3 is 1. The monoisotopic (exact) mass is 334 g/mol. The lowest BCUT2D eigenvalue weighted by molar-refractivity contribution is -0.145. The maximum absolute atomic E-state index is 12.4. The molecule has 122 valence electrons. The first kappa shape index (κ1) is 17.1. The van der Waals surface area contributed by atoms with Crippen molar-refractivity contribution in [3.63, 3.8) is 0 Å². The lowest BCUT2D eigenvalue weighted by Crippen LogP contribution is -2.51. The van der Waals surface area contributed by atoms with E-state index in [9.17, 15) is 14.7 Å². The summed E-state index contributed by atoms with van der Waals surface area (Å²) in [4.78, 5) is 28.5. The number of nitrogens with one attached hydrogen (secondary N) is 1. The zero-order chi connectivity index (χ0) is 16.9. The molecule has 1 heterocycles. The summed E-state index contributed by atoms with van der Waals surface area (Å²) in [7, 11) is 1.54. The minimum absolute atomic E-state index is 0.192. The first-order valence-corrected chi connectivity index (χ1v) is 7.96. The quantitative estimate of drug-likeness (QED) is 0.812. The molecule has 1 atom stereocenters. The SMILES string of the molecule is CCC(NC(=O)c1csc(COC)n1)(C(=O)O)c1ccccc1. The number of thiazole rings is 1. The van der Waals surface area contributed by atoms with E-state index in [0.29, 0.717) is 17.2 Å². The van der Waals surface area contributed by atoms with Crippen LogP contribution in [0.15, 0.2) is 35.7 Å². The van der Waals surface area contributed by atoms with Crippen molar-refractivity contribution in [2.75, 3.05) is 7.11 Å². The van der Waals surface area contributed by atoms with Gasteiger partial charge in [0.2, 0.25) is 0 Å². The van der Waals surface area contributed by atoms with Crippen molar-refractivity contribution in [1.29, 1.82) is 0 Å². The van der Waals surface area contributed by atoms with Crippen molar-refractivity contribution >= 4 is 23.2 Å². The third kappa shape index (κ3) is 3.57. The topological polar surface area (TPSA) is 88.5 Å². The van der Waals surface area contributed by atoms with Crippen LogP contribution in [0.25, 0.3) is 0 Å². The van der Waals surface area contributed by atoms with E-state index < -0.39 is 17.4 Å². The Hall–Kier alpha value is -2.25. The number of nitrogens with zero attached hydrogens (tertiary/aromatic N) is 1. The normalized spacial score (nSPS) is 13.3. The summed E-state index contributed by atoms with van der Waals surface area (Å²) in [6.45, 7) is 2.04. The van der Waals surface area contributed by atoms with Crippen molar-refractivity contribution in [3.8, 4) is 0 Å². The van der Waals surface area contributed by atoms with E-state index in [0.717, 1.165) is 0 Å². The third-order valence-electron chi connectivity index (χ3n) is 3.54. The van der Waals surface area contributed by atoms with Gasteiger partial charge in [-0.05, 0) is 12.0 Å². The number of carboxylic acid groups (broad SMARTS) is 1. The van der Waals surface area contributed by atoms with Crippen molar-refractivity contribution in [2.45, 2.75) is 25.5 Å². The van der Waals surface area contributed by atoms with Crippen LogP contribution in [-0.4, -0.2) is 29.1 Å². The molecule has 0 fully saturated rings. The lowest BCUT2D eigenvalue weighted by Gasteiger charge is -2.29. The summed E-state index contributed by atoms with van der Waals surface area (Å²) in [6, 6.07) is 8.67. The Morgan fingerprint density at radius 2 is 2.04 bits per heavy atom. The number of rotatable bonds is 7. The second-order valence-corrected chi connectivity index (χ2v) is 5.89. The number of carbonyl (C=O) groups is 2. The van der Waals surface area contributed by atoms with Crippen LogP contribution in [0.1, 0.15) is 34.4 Å². The fourth-order valence-electron chi connectivity index (χ4n) is 2.28. The van der Waals surface area contributed by atoms with Gasteiger partial charge >= 0.3 is 5.97 Å². The Morgan fingerprint density at radius 1 is 1.35 bits per heavy atom. The molecule has 7 heteroatoms. The van der Waals surface area contributed by atoms with Gasteiger partial charge in [-0.2, -0.15) is 0 Å². The molecule has 1 aromatic carbocycles. The van der Waals surface area contributed by atoms with Crippen LogP contribution in [-0.2, 0) is 21.7 Å². The predicted octanol–water partition coefficient (Wildman–Crippen LogP) is 2.41. The van der Waals surface area contributed by atoms with Crippen LogP contribution in [0.2, 0.25) is 0 Å². The summed E-state index contributed by atoms with van der Waals surface area (Å²) in [5, 5.41) is 14.6. The van der Waals surface area contributed by atoms with E-state index in [4.69, 9.17) is 4.74 Å². The van der Waals surface area contributed by atoms with Crippen LogP contribution < -0.4 is 5.32 Å². The molecule has 1 aromatic heterocycles. The van der Waals surface area contributed by atoms with Crippen molar-refractivity contribution in [3.05, 3.63) is 52.0 Å². The van der Waals surface area contributed by atoms with Gasteiger partial charge in [0.05, 0.1) is 6.61 Å². The molecule has 0 saturated heterocycles. The smallest absolute Gasteiger partial charge is 0.334 e. The van der Waals surface area contributed by atoms with Gasteiger partial charge in [-0.1, -0.05) is 37.3 Å². The number of benzene rings is 1. The van der Waals surface area contributed by atoms with Crippen molar-refractivity contribution in [2.24, 2.45) is 0 Å². The Kier molecular flexibility index (Phi) is 5.46. The van der Waals surface area contributed by atoms with Crippen LogP contribution in [0, 0.1) is 0 Å². The van der Waals surface area contributed by atoms with Crippen LogP contribution in [0.3, 0.4) is 0 Å². The zero-order valence-corrected chi connectivity index (χ0v) is 13.7. The minimum atomic E-state index is -1.48. The second-order valence-electron chi connectivity index (χ2n) is 4.94. The molecule has 0 spiro atoms. The van der Waals surface area contributed by atoms with Gasteiger partial charge in [0, 0.05) is 12.5 Å². The van der Waals surface area contributed by atoms with Crippen LogP contribution in [0.5, 0.6) is 0 Å². The Bertz CT molecular complexity index is 686. The summed E-state index contributed by atoms with van der Waals surface area (Å²) in [6.07, 6.45) is 0.215. The molecule has 6 nitrogen and oxygen atoms in total. The molecule has 0 aliphatic carbocycles. The Balaban J connectivity index is 2.30. The molecular weight excluding hydrogens is 316 g/mol. The van der Waals surface area contributed by atoms with E-state index in [1.807, 2.05) is 0 Å². The highest BCUT2D eigenvalue weighted by atomic mass is 32.1. The van der Waals surface area contributed by atoms with Gasteiger partial charge in [-0.3, -0.25) is 4.79 Å². The number of hydrogen-bond donors (Lipinski definition) is 2. The molecular formula is C16H18N2O4S. The average molecular weight is 334 g/mol. The van der Waals surface area contributed by atoms with E-state index in [2.05, 4.69) is 10.3 Å². The van der Waals surface area contributed by atoms with Gasteiger partial charge < -0.3 is 15.2 Å². The Morgan fingerprint density at radius 3 is 2.61 bits per heavy atom. The van der Waals surface area contributed by atoms with Gasteiger partial charge in [-0.25, -0.2) is 9.78 Å². The lowest BCUT2D eigenvalue weighted by atomic mass is 9.87. The molecule has 0 saturated carbocycles. The molecule has 2 N–H and O–H groups in total. The highest BCUT2D eigenvalue weighted by molar-refractivity contribution is 7.09. The molecule has 2 aromatic rings. The number of hydrogen-bond acceptors (Lipinski definition) is 5. The first-order chi connectivity index (χ1) is 11.0. The van der Waals surface area contributed by atoms with Gasteiger partial charge in [0.25, 0.3) is 5.91 Å². The van der Waals surface area contributed by atoms with Crippen molar-refractivity contribution < 1.29 is 19.4 Å². The first-order valence-electron chi connectivity index (χ1n) is 7.08. The molecule has 0 aliphatic heterocycles. The molecule has 1 amide bonds. The largest absolute Gasteiger partial charge is 0.479 e. The van der Waals surface area contributed by atoms with Gasteiger partial charge in [0.1, 0.15) is 10.7 Å². The maximum atomic E-state index is 12.4. The molecule has 2 rings (SSSR count). The minimum Gasteiger partial charge on any atom is -0.479 e. The van der Waals surface area contributed by atoms with E-state index in [-0.39, 0.29) is 12.1 Å². The number of ether oxygens (including phenoxy) is 1.